The molecule has 0 saturated carbocycles. The molecule has 0 radical (unpaired) electrons. The molecule has 1 heterocycles. The number of hydrogen-bond donors (Lipinski definition) is 3. The van der Waals surface area contributed by atoms with Crippen molar-refractivity contribution < 1.29 is 14.7 Å². The number of anilines is 1. The van der Waals surface area contributed by atoms with Crippen molar-refractivity contribution in [3.8, 4) is 0 Å². The van der Waals surface area contributed by atoms with Crippen molar-refractivity contribution in [3.63, 3.8) is 0 Å². The van der Waals surface area contributed by atoms with Crippen molar-refractivity contribution in [2.45, 2.75) is 6.04 Å². The number of aromatic nitrogens is 2. The van der Waals surface area contributed by atoms with Crippen LogP contribution in [0.25, 0.3) is 0 Å². The summed E-state index contributed by atoms with van der Waals surface area (Å²) in [6.07, 6.45) is 2.95. The first-order valence-electron chi connectivity index (χ1n) is 5.90. The standard InChI is InChI=1S/C13H14N4O3/c1-17-8-9(7-14-17)11(12(18)19)16-13(20)15-10-5-3-2-4-6-10/h2-8,11H,1H3,(H,18,19)(H2,15,16,20). The summed E-state index contributed by atoms with van der Waals surface area (Å²) in [4.78, 5) is 23.0. The fourth-order valence-electron chi connectivity index (χ4n) is 1.70. The van der Waals surface area contributed by atoms with Gasteiger partial charge in [0.25, 0.3) is 0 Å². The average molecular weight is 274 g/mol. The van der Waals surface area contributed by atoms with Crippen LogP contribution in [-0.4, -0.2) is 26.9 Å². The fraction of sp³-hybridized carbons (Fsp3) is 0.154. The van der Waals surface area contributed by atoms with Crippen LogP contribution in [0.2, 0.25) is 0 Å². The average Bonchev–Trinajstić information content (AvgIpc) is 2.83. The van der Waals surface area contributed by atoms with E-state index >= 15 is 0 Å². The van der Waals surface area contributed by atoms with Gasteiger partial charge in [0.1, 0.15) is 0 Å². The number of carbonyl (C=O) groups is 2. The second-order valence-corrected chi connectivity index (χ2v) is 4.18. The lowest BCUT2D eigenvalue weighted by molar-refractivity contribution is -0.139. The summed E-state index contributed by atoms with van der Waals surface area (Å²) in [5.74, 6) is -1.15. The molecule has 1 atom stereocenters. The van der Waals surface area contributed by atoms with Gasteiger partial charge in [-0.05, 0) is 12.1 Å². The quantitative estimate of drug-likeness (QED) is 0.784. The molecule has 0 aliphatic heterocycles. The number of nitrogens with zero attached hydrogens (tertiary/aromatic N) is 2. The molecule has 104 valence electrons. The van der Waals surface area contributed by atoms with Gasteiger partial charge in [-0.1, -0.05) is 18.2 Å². The number of carboxylic acids is 1. The van der Waals surface area contributed by atoms with Crippen LogP contribution >= 0.6 is 0 Å². The Morgan fingerprint density at radius 3 is 2.55 bits per heavy atom. The number of rotatable bonds is 4. The maximum Gasteiger partial charge on any atom is 0.331 e. The number of carboxylic acid groups (broad SMARTS) is 1. The summed E-state index contributed by atoms with van der Waals surface area (Å²) < 4.78 is 1.47. The van der Waals surface area contributed by atoms with Gasteiger partial charge in [-0.25, -0.2) is 9.59 Å². The second-order valence-electron chi connectivity index (χ2n) is 4.18. The molecule has 1 aromatic carbocycles. The molecule has 0 aliphatic carbocycles. The Morgan fingerprint density at radius 2 is 2.00 bits per heavy atom. The molecule has 20 heavy (non-hydrogen) atoms. The van der Waals surface area contributed by atoms with Crippen molar-refractivity contribution in [1.29, 1.82) is 0 Å². The summed E-state index contributed by atoms with van der Waals surface area (Å²) in [6.45, 7) is 0. The third-order valence-electron chi connectivity index (χ3n) is 2.61. The Labute approximate surface area is 115 Å². The van der Waals surface area contributed by atoms with E-state index in [0.29, 0.717) is 11.3 Å². The maximum atomic E-state index is 11.8. The molecule has 2 aromatic rings. The highest BCUT2D eigenvalue weighted by Crippen LogP contribution is 2.12. The second kappa shape index (κ2) is 5.87. The molecule has 1 unspecified atom stereocenters. The molecular formula is C13H14N4O3. The van der Waals surface area contributed by atoms with Crippen LogP contribution in [0.1, 0.15) is 11.6 Å². The monoisotopic (exact) mass is 274 g/mol. The predicted octanol–water partition coefficient (Wildman–Crippen LogP) is 1.37. The molecular weight excluding hydrogens is 260 g/mol. The Morgan fingerprint density at radius 1 is 1.30 bits per heavy atom. The normalized spacial score (nSPS) is 11.7. The van der Waals surface area contributed by atoms with E-state index in [1.54, 1.807) is 37.5 Å². The highest BCUT2D eigenvalue weighted by atomic mass is 16.4. The molecule has 0 spiro atoms. The van der Waals surface area contributed by atoms with Gasteiger partial charge in [0.05, 0.1) is 6.20 Å². The first kappa shape index (κ1) is 13.6. The van der Waals surface area contributed by atoms with Crippen molar-refractivity contribution >= 4 is 17.7 Å². The first-order valence-corrected chi connectivity index (χ1v) is 5.90. The lowest BCUT2D eigenvalue weighted by Gasteiger charge is -2.13. The molecule has 1 aromatic heterocycles. The van der Waals surface area contributed by atoms with Crippen LogP contribution in [0.4, 0.5) is 10.5 Å². The van der Waals surface area contributed by atoms with Gasteiger partial charge in [-0.15, -0.1) is 0 Å². The molecule has 7 nitrogen and oxygen atoms in total. The van der Waals surface area contributed by atoms with Crippen molar-refractivity contribution in [3.05, 3.63) is 48.3 Å². The lowest BCUT2D eigenvalue weighted by atomic mass is 10.1. The summed E-state index contributed by atoms with van der Waals surface area (Å²) in [7, 11) is 1.67. The van der Waals surface area contributed by atoms with Crippen molar-refractivity contribution in [2.24, 2.45) is 7.05 Å². The fourth-order valence-corrected chi connectivity index (χ4v) is 1.70. The Bertz CT molecular complexity index is 609. The number of carbonyl (C=O) groups excluding carboxylic acids is 1. The highest BCUT2D eigenvalue weighted by molar-refractivity contribution is 5.92. The van der Waals surface area contributed by atoms with E-state index in [9.17, 15) is 14.7 Å². The molecule has 0 saturated heterocycles. The number of urea groups is 1. The SMILES string of the molecule is Cn1cc(C(NC(=O)Nc2ccccc2)C(=O)O)cn1. The molecule has 2 amide bonds. The van der Waals surface area contributed by atoms with Crippen LogP contribution in [0, 0.1) is 0 Å². The highest BCUT2D eigenvalue weighted by Gasteiger charge is 2.23. The smallest absolute Gasteiger partial charge is 0.331 e. The Hall–Kier alpha value is -2.83. The van der Waals surface area contributed by atoms with Crippen LogP contribution in [0.15, 0.2) is 42.7 Å². The van der Waals surface area contributed by atoms with E-state index in [0.717, 1.165) is 0 Å². The van der Waals surface area contributed by atoms with Crippen LogP contribution in [0.5, 0.6) is 0 Å². The number of benzene rings is 1. The third kappa shape index (κ3) is 3.35. The number of para-hydroxylation sites is 1. The van der Waals surface area contributed by atoms with Gasteiger partial charge in [-0.2, -0.15) is 5.10 Å². The first-order chi connectivity index (χ1) is 9.56. The van der Waals surface area contributed by atoms with Crippen LogP contribution in [-0.2, 0) is 11.8 Å². The van der Waals surface area contributed by atoms with E-state index in [1.807, 2.05) is 6.07 Å². The zero-order chi connectivity index (χ0) is 14.5. The van der Waals surface area contributed by atoms with Gasteiger partial charge in [0.2, 0.25) is 0 Å². The number of aliphatic carboxylic acids is 1. The number of aryl methyl sites for hydroxylation is 1. The minimum atomic E-state index is -1.15. The van der Waals surface area contributed by atoms with Crippen LogP contribution < -0.4 is 10.6 Å². The van der Waals surface area contributed by atoms with E-state index in [2.05, 4.69) is 15.7 Å². The van der Waals surface area contributed by atoms with E-state index in [1.165, 1.54) is 10.9 Å². The van der Waals surface area contributed by atoms with Gasteiger partial charge < -0.3 is 15.7 Å². The van der Waals surface area contributed by atoms with E-state index in [-0.39, 0.29) is 0 Å². The van der Waals surface area contributed by atoms with Gasteiger partial charge in [-0.3, -0.25) is 4.68 Å². The summed E-state index contributed by atoms with van der Waals surface area (Å²) >= 11 is 0. The van der Waals surface area contributed by atoms with Gasteiger partial charge >= 0.3 is 12.0 Å². The zero-order valence-electron chi connectivity index (χ0n) is 10.8. The van der Waals surface area contributed by atoms with Gasteiger partial charge in [0.15, 0.2) is 6.04 Å². The molecule has 0 fully saturated rings. The van der Waals surface area contributed by atoms with Crippen LogP contribution in [0.3, 0.4) is 0 Å². The van der Waals surface area contributed by atoms with E-state index < -0.39 is 18.0 Å². The molecule has 2 rings (SSSR count). The third-order valence-corrected chi connectivity index (χ3v) is 2.61. The van der Waals surface area contributed by atoms with Crippen molar-refractivity contribution in [2.75, 3.05) is 5.32 Å². The molecule has 0 bridgehead atoms. The largest absolute Gasteiger partial charge is 0.479 e. The maximum absolute atomic E-state index is 11.8. The van der Waals surface area contributed by atoms with Gasteiger partial charge in [0, 0.05) is 24.5 Å². The van der Waals surface area contributed by atoms with E-state index in [4.69, 9.17) is 0 Å². The number of nitrogens with one attached hydrogen (secondary N) is 2. The van der Waals surface area contributed by atoms with Crippen molar-refractivity contribution in [1.82, 2.24) is 15.1 Å². The summed E-state index contributed by atoms with van der Waals surface area (Å²) in [6, 6.07) is 7.04. The number of hydrogen-bond acceptors (Lipinski definition) is 3. The zero-order valence-corrected chi connectivity index (χ0v) is 10.8. The predicted molar refractivity (Wildman–Crippen MR) is 72.2 cm³/mol. The Kier molecular flexibility index (Phi) is 3.99. The minimum absolute atomic E-state index is 0.406. The topological polar surface area (TPSA) is 96.2 Å². The number of amides is 2. The minimum Gasteiger partial charge on any atom is -0.479 e. The summed E-state index contributed by atoms with van der Waals surface area (Å²) in [5.41, 5.74) is 0.989. The lowest BCUT2D eigenvalue weighted by Crippen LogP contribution is -2.36. The molecule has 3 N–H and O–H groups in total. The molecule has 7 heteroatoms. The molecule has 0 aliphatic rings. The summed E-state index contributed by atoms with van der Waals surface area (Å²) in [5, 5.41) is 18.0. The Balaban J connectivity index is 2.05.